The molecule has 5 heteroatoms. The van der Waals surface area contributed by atoms with Crippen LogP contribution in [0, 0.1) is 6.92 Å². The Balaban J connectivity index is 1.89. The zero-order valence-corrected chi connectivity index (χ0v) is 15.2. The fourth-order valence-electron chi connectivity index (χ4n) is 3.34. The Kier molecular flexibility index (Phi) is 5.30. The van der Waals surface area contributed by atoms with E-state index in [1.807, 2.05) is 49.4 Å². The molecular weight excluding hydrogens is 338 g/mol. The number of ether oxygens (including phenoxy) is 2. The van der Waals surface area contributed by atoms with Gasteiger partial charge in [0.2, 0.25) is 5.91 Å². The average molecular weight is 360 g/mol. The van der Waals surface area contributed by atoms with Gasteiger partial charge < -0.3 is 14.8 Å². The standard InChI is InChI=1S/C20H22ClNO3/c1-14-13-17(7-8-18(14)24-2)22-19(23)20(9-11-25-12-10-20)15-3-5-16(21)6-4-15/h3-8,13H,9-12H2,1-2H3,(H,22,23). The second kappa shape index (κ2) is 7.46. The van der Waals surface area contributed by atoms with Crippen molar-refractivity contribution in [2.45, 2.75) is 25.2 Å². The number of hydrogen-bond acceptors (Lipinski definition) is 3. The van der Waals surface area contributed by atoms with E-state index in [4.69, 9.17) is 21.1 Å². The second-order valence-corrected chi connectivity index (χ2v) is 6.78. The molecular formula is C20H22ClNO3. The summed E-state index contributed by atoms with van der Waals surface area (Å²) in [7, 11) is 1.64. The monoisotopic (exact) mass is 359 g/mol. The molecule has 25 heavy (non-hydrogen) atoms. The molecule has 1 saturated heterocycles. The third-order valence-corrected chi connectivity index (χ3v) is 5.08. The molecule has 0 aromatic heterocycles. The normalized spacial score (nSPS) is 16.3. The Labute approximate surface area is 153 Å². The molecule has 4 nitrogen and oxygen atoms in total. The fraction of sp³-hybridized carbons (Fsp3) is 0.350. The van der Waals surface area contributed by atoms with Crippen LogP contribution in [0.5, 0.6) is 5.75 Å². The number of methoxy groups -OCH3 is 1. The Hall–Kier alpha value is -2.04. The van der Waals surface area contributed by atoms with Crippen molar-refractivity contribution in [3.63, 3.8) is 0 Å². The largest absolute Gasteiger partial charge is 0.496 e. The molecule has 132 valence electrons. The molecule has 0 spiro atoms. The first-order valence-electron chi connectivity index (χ1n) is 8.35. The molecule has 1 aliphatic heterocycles. The SMILES string of the molecule is COc1ccc(NC(=O)C2(c3ccc(Cl)cc3)CCOCC2)cc1C. The summed E-state index contributed by atoms with van der Waals surface area (Å²) >= 11 is 6.01. The zero-order valence-electron chi connectivity index (χ0n) is 14.5. The van der Waals surface area contributed by atoms with Gasteiger partial charge in [0, 0.05) is 23.9 Å². The van der Waals surface area contributed by atoms with E-state index in [1.54, 1.807) is 7.11 Å². The highest BCUT2D eigenvalue weighted by Gasteiger charge is 2.41. The van der Waals surface area contributed by atoms with E-state index in [0.29, 0.717) is 31.1 Å². The summed E-state index contributed by atoms with van der Waals surface area (Å²) in [5.41, 5.74) is 2.12. The van der Waals surface area contributed by atoms with Crippen LogP contribution in [-0.2, 0) is 14.9 Å². The lowest BCUT2D eigenvalue weighted by Gasteiger charge is -2.36. The van der Waals surface area contributed by atoms with Gasteiger partial charge in [0.25, 0.3) is 0 Å². The van der Waals surface area contributed by atoms with Gasteiger partial charge in [0.15, 0.2) is 0 Å². The molecule has 0 saturated carbocycles. The maximum Gasteiger partial charge on any atom is 0.235 e. The number of amides is 1. The molecule has 2 aromatic carbocycles. The van der Waals surface area contributed by atoms with E-state index in [9.17, 15) is 4.79 Å². The molecule has 0 atom stereocenters. The van der Waals surface area contributed by atoms with Crippen LogP contribution in [0.1, 0.15) is 24.0 Å². The Morgan fingerprint density at radius 1 is 1.16 bits per heavy atom. The lowest BCUT2D eigenvalue weighted by molar-refractivity contribution is -0.125. The molecule has 1 amide bonds. The summed E-state index contributed by atoms with van der Waals surface area (Å²) in [5.74, 6) is 0.791. The van der Waals surface area contributed by atoms with Crippen LogP contribution >= 0.6 is 11.6 Å². The van der Waals surface area contributed by atoms with Gasteiger partial charge in [-0.15, -0.1) is 0 Å². The molecule has 2 aromatic rings. The molecule has 1 heterocycles. The molecule has 0 aliphatic carbocycles. The minimum atomic E-state index is -0.601. The van der Waals surface area contributed by atoms with Gasteiger partial charge in [0.1, 0.15) is 5.75 Å². The van der Waals surface area contributed by atoms with Crippen LogP contribution < -0.4 is 10.1 Å². The smallest absolute Gasteiger partial charge is 0.235 e. The van der Waals surface area contributed by atoms with Crippen molar-refractivity contribution >= 4 is 23.2 Å². The van der Waals surface area contributed by atoms with Crippen molar-refractivity contribution in [1.29, 1.82) is 0 Å². The molecule has 0 bridgehead atoms. The average Bonchev–Trinajstić information content (AvgIpc) is 2.63. The van der Waals surface area contributed by atoms with Gasteiger partial charge in [-0.25, -0.2) is 0 Å². The van der Waals surface area contributed by atoms with E-state index >= 15 is 0 Å². The summed E-state index contributed by atoms with van der Waals surface area (Å²) in [4.78, 5) is 13.2. The van der Waals surface area contributed by atoms with Crippen LogP contribution in [-0.4, -0.2) is 26.2 Å². The molecule has 1 aliphatic rings. The van der Waals surface area contributed by atoms with Gasteiger partial charge >= 0.3 is 0 Å². The fourth-order valence-corrected chi connectivity index (χ4v) is 3.47. The lowest BCUT2D eigenvalue weighted by Crippen LogP contribution is -2.44. The maximum atomic E-state index is 13.2. The van der Waals surface area contributed by atoms with Crippen molar-refractivity contribution < 1.29 is 14.3 Å². The topological polar surface area (TPSA) is 47.6 Å². The third kappa shape index (κ3) is 3.65. The summed E-state index contributed by atoms with van der Waals surface area (Å²) in [5, 5.41) is 3.74. The molecule has 1 N–H and O–H groups in total. The number of halogens is 1. The van der Waals surface area contributed by atoms with Gasteiger partial charge in [-0.1, -0.05) is 23.7 Å². The Morgan fingerprint density at radius 2 is 1.84 bits per heavy atom. The maximum absolute atomic E-state index is 13.2. The van der Waals surface area contributed by atoms with E-state index in [-0.39, 0.29) is 5.91 Å². The number of anilines is 1. The number of carbonyl (C=O) groups is 1. The molecule has 1 fully saturated rings. The molecule has 3 rings (SSSR count). The number of carbonyl (C=O) groups excluding carboxylic acids is 1. The molecule has 0 radical (unpaired) electrons. The summed E-state index contributed by atoms with van der Waals surface area (Å²) in [6.07, 6.45) is 1.30. The first kappa shape index (κ1) is 17.8. The van der Waals surface area contributed by atoms with Crippen LogP contribution in [0.3, 0.4) is 0 Å². The van der Waals surface area contributed by atoms with Crippen molar-refractivity contribution in [3.8, 4) is 5.75 Å². The quantitative estimate of drug-likeness (QED) is 0.883. The minimum absolute atomic E-state index is 0.0114. The lowest BCUT2D eigenvalue weighted by atomic mass is 9.73. The van der Waals surface area contributed by atoms with E-state index in [1.165, 1.54) is 0 Å². The summed E-state index contributed by atoms with van der Waals surface area (Å²) in [6, 6.07) is 13.2. The van der Waals surface area contributed by atoms with Gasteiger partial charge in [-0.05, 0) is 61.2 Å². The Bertz CT molecular complexity index is 752. The van der Waals surface area contributed by atoms with Gasteiger partial charge in [0.05, 0.1) is 12.5 Å². The summed E-state index contributed by atoms with van der Waals surface area (Å²) < 4.78 is 10.8. The number of hydrogen-bond donors (Lipinski definition) is 1. The highest BCUT2D eigenvalue weighted by Crippen LogP contribution is 2.37. The van der Waals surface area contributed by atoms with E-state index < -0.39 is 5.41 Å². The van der Waals surface area contributed by atoms with Crippen molar-refractivity contribution in [1.82, 2.24) is 0 Å². The highest BCUT2D eigenvalue weighted by atomic mass is 35.5. The molecule has 0 unspecified atom stereocenters. The zero-order chi connectivity index (χ0) is 17.9. The Morgan fingerprint density at radius 3 is 2.44 bits per heavy atom. The number of aryl methyl sites for hydroxylation is 1. The second-order valence-electron chi connectivity index (χ2n) is 6.34. The van der Waals surface area contributed by atoms with Crippen LogP contribution in [0.2, 0.25) is 5.02 Å². The first-order chi connectivity index (χ1) is 12.0. The number of benzene rings is 2. The highest BCUT2D eigenvalue weighted by molar-refractivity contribution is 6.30. The van der Waals surface area contributed by atoms with Crippen molar-refractivity contribution in [2.24, 2.45) is 0 Å². The number of rotatable bonds is 4. The predicted octanol–water partition coefficient (Wildman–Crippen LogP) is 4.34. The number of nitrogens with one attached hydrogen (secondary N) is 1. The van der Waals surface area contributed by atoms with Crippen molar-refractivity contribution in [3.05, 3.63) is 58.6 Å². The van der Waals surface area contributed by atoms with Crippen LogP contribution in [0.25, 0.3) is 0 Å². The first-order valence-corrected chi connectivity index (χ1v) is 8.73. The minimum Gasteiger partial charge on any atom is -0.496 e. The van der Waals surface area contributed by atoms with Gasteiger partial charge in [-0.2, -0.15) is 0 Å². The third-order valence-electron chi connectivity index (χ3n) is 4.83. The van der Waals surface area contributed by atoms with Crippen molar-refractivity contribution in [2.75, 3.05) is 25.6 Å². The van der Waals surface area contributed by atoms with Crippen LogP contribution in [0.15, 0.2) is 42.5 Å². The van der Waals surface area contributed by atoms with Gasteiger partial charge in [-0.3, -0.25) is 4.79 Å². The van der Waals surface area contributed by atoms with E-state index in [2.05, 4.69) is 5.32 Å². The summed E-state index contributed by atoms with van der Waals surface area (Å²) in [6.45, 7) is 3.09. The van der Waals surface area contributed by atoms with Crippen LogP contribution in [0.4, 0.5) is 5.69 Å². The predicted molar refractivity (Wildman–Crippen MR) is 99.5 cm³/mol. The van der Waals surface area contributed by atoms with E-state index in [0.717, 1.165) is 22.6 Å².